The van der Waals surface area contributed by atoms with Gasteiger partial charge >= 0.3 is 0 Å². The number of hydrogen-bond acceptors (Lipinski definition) is 5. The normalized spacial score (nSPS) is 13.1. The Morgan fingerprint density at radius 3 is 2.92 bits per heavy atom. The first kappa shape index (κ1) is 15.3. The molecule has 1 aliphatic rings. The molecule has 0 saturated heterocycles. The molecule has 0 spiro atoms. The highest BCUT2D eigenvalue weighted by Crippen LogP contribution is 2.24. The van der Waals surface area contributed by atoms with Crippen molar-refractivity contribution in [1.29, 1.82) is 0 Å². The van der Waals surface area contributed by atoms with Crippen molar-refractivity contribution in [3.8, 4) is 11.3 Å². The summed E-state index contributed by atoms with van der Waals surface area (Å²) >= 11 is 0. The molecule has 0 bridgehead atoms. The number of aryl methyl sites for hydroxylation is 1. The van der Waals surface area contributed by atoms with Crippen molar-refractivity contribution in [3.05, 3.63) is 59.8 Å². The molecule has 1 aliphatic heterocycles. The predicted octanol–water partition coefficient (Wildman–Crippen LogP) is 1.54. The average molecular weight is 334 g/mol. The smallest absolute Gasteiger partial charge is 0.229 e. The first-order valence-electron chi connectivity index (χ1n) is 8.05. The molecule has 0 aromatic carbocycles. The highest BCUT2D eigenvalue weighted by atomic mass is 16.2. The minimum absolute atomic E-state index is 0.00295. The van der Waals surface area contributed by atoms with Crippen LogP contribution in [0.3, 0.4) is 0 Å². The van der Waals surface area contributed by atoms with E-state index >= 15 is 0 Å². The number of nitrogens with zero attached hydrogens (tertiary/aromatic N) is 5. The molecule has 2 N–H and O–H groups in total. The van der Waals surface area contributed by atoms with E-state index in [-0.39, 0.29) is 12.3 Å². The molecule has 25 heavy (non-hydrogen) atoms. The molecule has 3 aromatic heterocycles. The zero-order valence-corrected chi connectivity index (χ0v) is 13.9. The van der Waals surface area contributed by atoms with Crippen LogP contribution in [0.25, 0.3) is 11.3 Å². The fourth-order valence-corrected chi connectivity index (χ4v) is 3.05. The van der Waals surface area contributed by atoms with Gasteiger partial charge in [-0.05, 0) is 24.3 Å². The molecule has 1 amide bonds. The van der Waals surface area contributed by atoms with E-state index < -0.39 is 0 Å². The quantitative estimate of drug-likeness (QED) is 0.785. The highest BCUT2D eigenvalue weighted by Gasteiger charge is 2.26. The van der Waals surface area contributed by atoms with Crippen molar-refractivity contribution in [2.24, 2.45) is 7.05 Å². The van der Waals surface area contributed by atoms with Crippen LogP contribution in [-0.2, 0) is 31.4 Å². The van der Waals surface area contributed by atoms with Crippen molar-refractivity contribution in [2.75, 3.05) is 5.73 Å². The number of pyridine rings is 2. The third kappa shape index (κ3) is 2.96. The Balaban J connectivity index is 1.52. The topological polar surface area (TPSA) is 89.9 Å². The van der Waals surface area contributed by atoms with Crippen molar-refractivity contribution in [3.63, 3.8) is 0 Å². The van der Waals surface area contributed by atoms with Crippen molar-refractivity contribution >= 4 is 11.6 Å². The lowest BCUT2D eigenvalue weighted by molar-refractivity contribution is -0.131. The molecule has 0 fully saturated rings. The molecule has 7 heteroatoms. The van der Waals surface area contributed by atoms with Crippen LogP contribution in [0.15, 0.2) is 42.9 Å². The summed E-state index contributed by atoms with van der Waals surface area (Å²) in [6, 6.07) is 7.42. The molecule has 7 nitrogen and oxygen atoms in total. The van der Waals surface area contributed by atoms with E-state index in [9.17, 15) is 4.79 Å². The third-order valence-electron chi connectivity index (χ3n) is 4.33. The van der Waals surface area contributed by atoms with Crippen molar-refractivity contribution < 1.29 is 4.79 Å². The maximum atomic E-state index is 12.6. The standard InChI is InChI=1S/C18H18N6O/c1-23-9-13-10-24(11-17(13)22-23)18(25)7-16-14(19)4-5-15(21-16)12-3-2-6-20-8-12/h2-6,8-9H,7,10-11,19H2,1H3. The van der Waals surface area contributed by atoms with Gasteiger partial charge < -0.3 is 10.6 Å². The molecule has 0 aliphatic carbocycles. The van der Waals surface area contributed by atoms with Crippen LogP contribution in [-0.4, -0.2) is 30.6 Å². The Kier molecular flexibility index (Phi) is 3.68. The van der Waals surface area contributed by atoms with Crippen LogP contribution >= 0.6 is 0 Å². The van der Waals surface area contributed by atoms with Crippen LogP contribution in [0, 0.1) is 0 Å². The van der Waals surface area contributed by atoms with Crippen molar-refractivity contribution in [2.45, 2.75) is 19.5 Å². The molecule has 126 valence electrons. The Hall–Kier alpha value is -3.22. The van der Waals surface area contributed by atoms with Gasteiger partial charge in [-0.2, -0.15) is 5.10 Å². The summed E-state index contributed by atoms with van der Waals surface area (Å²) < 4.78 is 1.78. The van der Waals surface area contributed by atoms with Gasteiger partial charge in [0.15, 0.2) is 0 Å². The van der Waals surface area contributed by atoms with Gasteiger partial charge in [-0.1, -0.05) is 0 Å². The molecule has 3 aromatic rings. The van der Waals surface area contributed by atoms with Gasteiger partial charge in [0.25, 0.3) is 0 Å². The molecule has 0 radical (unpaired) electrons. The number of amides is 1. The van der Waals surface area contributed by atoms with Gasteiger partial charge in [0.1, 0.15) is 0 Å². The summed E-state index contributed by atoms with van der Waals surface area (Å²) in [7, 11) is 1.89. The average Bonchev–Trinajstić information content (AvgIpc) is 3.15. The molecular weight excluding hydrogens is 316 g/mol. The van der Waals surface area contributed by atoms with Crippen LogP contribution in [0.1, 0.15) is 17.0 Å². The molecule has 0 unspecified atom stereocenters. The lowest BCUT2D eigenvalue weighted by Crippen LogP contribution is -2.28. The number of aromatic nitrogens is 4. The SMILES string of the molecule is Cn1cc2c(n1)CN(C(=O)Cc1nc(-c3cccnc3)ccc1N)C2. The molecular formula is C18H18N6O. The zero-order chi connectivity index (χ0) is 17.4. The van der Waals surface area contributed by atoms with Gasteiger partial charge in [-0.25, -0.2) is 0 Å². The lowest BCUT2D eigenvalue weighted by Gasteiger charge is -2.16. The van der Waals surface area contributed by atoms with E-state index in [1.807, 2.05) is 31.4 Å². The number of carbonyl (C=O) groups excluding carboxylic acids is 1. The lowest BCUT2D eigenvalue weighted by atomic mass is 10.1. The second-order valence-corrected chi connectivity index (χ2v) is 6.18. The summed E-state index contributed by atoms with van der Waals surface area (Å²) in [5.41, 5.74) is 10.9. The monoisotopic (exact) mass is 334 g/mol. The Bertz CT molecular complexity index is 910. The minimum atomic E-state index is 0.00295. The van der Waals surface area contributed by atoms with Gasteiger partial charge in [-0.3, -0.25) is 19.4 Å². The van der Waals surface area contributed by atoms with Gasteiger partial charge in [0.05, 0.1) is 35.7 Å². The first-order valence-corrected chi connectivity index (χ1v) is 8.05. The van der Waals surface area contributed by atoms with E-state index in [0.717, 1.165) is 22.5 Å². The van der Waals surface area contributed by atoms with Gasteiger partial charge in [0.2, 0.25) is 5.91 Å². The van der Waals surface area contributed by atoms with Gasteiger partial charge in [-0.15, -0.1) is 0 Å². The summed E-state index contributed by atoms with van der Waals surface area (Å²) in [6.07, 6.45) is 5.59. The fraction of sp³-hybridized carbons (Fsp3) is 0.222. The molecule has 4 rings (SSSR count). The predicted molar refractivity (Wildman–Crippen MR) is 93.0 cm³/mol. The van der Waals surface area contributed by atoms with Crippen LogP contribution in [0.5, 0.6) is 0 Å². The first-order chi connectivity index (χ1) is 12.1. The number of hydrogen-bond donors (Lipinski definition) is 1. The number of carbonyl (C=O) groups is 1. The maximum Gasteiger partial charge on any atom is 0.229 e. The number of nitrogens with two attached hydrogens (primary N) is 1. The highest BCUT2D eigenvalue weighted by molar-refractivity contribution is 5.80. The molecule has 4 heterocycles. The number of nitrogen functional groups attached to an aromatic ring is 1. The molecule has 0 saturated carbocycles. The largest absolute Gasteiger partial charge is 0.397 e. The molecule has 0 atom stereocenters. The Morgan fingerprint density at radius 1 is 1.28 bits per heavy atom. The minimum Gasteiger partial charge on any atom is -0.397 e. The summed E-state index contributed by atoms with van der Waals surface area (Å²) in [5, 5.41) is 4.38. The number of fused-ring (bicyclic) bond motifs is 1. The zero-order valence-electron chi connectivity index (χ0n) is 13.9. The third-order valence-corrected chi connectivity index (χ3v) is 4.33. The van der Waals surface area contributed by atoms with E-state index in [4.69, 9.17) is 5.73 Å². The Morgan fingerprint density at radius 2 is 2.16 bits per heavy atom. The summed E-state index contributed by atoms with van der Waals surface area (Å²) in [6.45, 7) is 1.13. The van der Waals surface area contributed by atoms with Gasteiger partial charge in [0, 0.05) is 43.3 Å². The second-order valence-electron chi connectivity index (χ2n) is 6.18. The summed E-state index contributed by atoms with van der Waals surface area (Å²) in [5.74, 6) is 0.00295. The summed E-state index contributed by atoms with van der Waals surface area (Å²) in [4.78, 5) is 23.1. The van der Waals surface area contributed by atoms with E-state index in [1.54, 1.807) is 28.0 Å². The number of rotatable bonds is 3. The number of anilines is 1. The van der Waals surface area contributed by atoms with E-state index in [1.165, 1.54) is 0 Å². The van der Waals surface area contributed by atoms with Crippen LogP contribution in [0.2, 0.25) is 0 Å². The maximum absolute atomic E-state index is 12.6. The van der Waals surface area contributed by atoms with Crippen molar-refractivity contribution in [1.82, 2.24) is 24.6 Å². The van der Waals surface area contributed by atoms with E-state index in [2.05, 4.69) is 15.1 Å². The Labute approximate surface area is 145 Å². The fourth-order valence-electron chi connectivity index (χ4n) is 3.05. The van der Waals surface area contributed by atoms with E-state index in [0.29, 0.717) is 24.5 Å². The second kappa shape index (κ2) is 6.01. The van der Waals surface area contributed by atoms with Crippen LogP contribution in [0.4, 0.5) is 5.69 Å². The van der Waals surface area contributed by atoms with Crippen LogP contribution < -0.4 is 5.73 Å².